The molecule has 3 heterocycles. The molecule has 0 aliphatic rings. The number of benzene rings is 2. The Hall–Kier alpha value is -4.14. The highest BCUT2D eigenvalue weighted by Crippen LogP contribution is 2.25. The van der Waals surface area contributed by atoms with Gasteiger partial charge in [0.25, 0.3) is 0 Å². The van der Waals surface area contributed by atoms with Gasteiger partial charge in [0.2, 0.25) is 0 Å². The number of fused-ring (bicyclic) bond motifs is 3. The van der Waals surface area contributed by atoms with Gasteiger partial charge in [-0.15, -0.1) is 5.10 Å². The fourth-order valence-electron chi connectivity index (χ4n) is 3.69. The van der Waals surface area contributed by atoms with Gasteiger partial charge in [0.1, 0.15) is 17.7 Å². The molecule has 0 unspecified atom stereocenters. The first-order valence-electron chi connectivity index (χ1n) is 9.39. The van der Waals surface area contributed by atoms with Gasteiger partial charge in [-0.25, -0.2) is 14.5 Å². The predicted molar refractivity (Wildman–Crippen MR) is 111 cm³/mol. The minimum Gasteiger partial charge on any atom is -0.258 e. The van der Waals surface area contributed by atoms with Gasteiger partial charge in [0, 0.05) is 10.9 Å². The van der Waals surface area contributed by atoms with Crippen LogP contribution in [-0.2, 0) is 6.54 Å². The molecule has 0 aliphatic carbocycles. The van der Waals surface area contributed by atoms with Crippen LogP contribution in [0.15, 0.2) is 54.9 Å². The van der Waals surface area contributed by atoms with E-state index in [0.717, 1.165) is 27.7 Å². The zero-order valence-electron chi connectivity index (χ0n) is 16.4. The van der Waals surface area contributed by atoms with Crippen LogP contribution in [0.1, 0.15) is 17.0 Å². The number of hydrogen-bond acceptors (Lipinski definition) is 6. The van der Waals surface area contributed by atoms with Crippen molar-refractivity contribution >= 4 is 22.2 Å². The first kappa shape index (κ1) is 17.9. The molecule has 148 valence electrons. The molecule has 0 saturated carbocycles. The monoisotopic (exact) mass is 399 g/mol. The molecule has 3 aromatic heterocycles. The average Bonchev–Trinajstić information content (AvgIpc) is 3.29. The number of aryl methyl sites for hydroxylation is 1. The summed E-state index contributed by atoms with van der Waals surface area (Å²) in [6, 6.07) is 15.6. The minimum atomic E-state index is -0.385. The number of rotatable bonds is 4. The molecule has 9 nitrogen and oxygen atoms in total. The number of aromatic nitrogens is 6. The Morgan fingerprint density at radius 1 is 1.07 bits per heavy atom. The van der Waals surface area contributed by atoms with Gasteiger partial charge in [0.15, 0.2) is 11.5 Å². The van der Waals surface area contributed by atoms with E-state index in [1.54, 1.807) is 29.4 Å². The summed E-state index contributed by atoms with van der Waals surface area (Å²) in [4.78, 5) is 20.0. The van der Waals surface area contributed by atoms with Crippen molar-refractivity contribution in [2.24, 2.45) is 0 Å². The highest BCUT2D eigenvalue weighted by molar-refractivity contribution is 5.91. The summed E-state index contributed by atoms with van der Waals surface area (Å²) in [6.45, 7) is 3.78. The van der Waals surface area contributed by atoms with Crippen molar-refractivity contribution in [1.82, 2.24) is 29.4 Å². The Morgan fingerprint density at radius 2 is 1.90 bits per heavy atom. The van der Waals surface area contributed by atoms with Crippen molar-refractivity contribution in [2.75, 3.05) is 0 Å². The number of hydrogen-bond donors (Lipinski definition) is 0. The zero-order valence-corrected chi connectivity index (χ0v) is 16.4. The third-order valence-electron chi connectivity index (χ3n) is 5.13. The lowest BCUT2D eigenvalue weighted by atomic mass is 10.1. The van der Waals surface area contributed by atoms with Crippen molar-refractivity contribution in [3.8, 4) is 11.4 Å². The lowest BCUT2D eigenvalue weighted by molar-refractivity contribution is -0.386. The zero-order chi connectivity index (χ0) is 20.8. The largest absolute Gasteiger partial charge is 0.312 e. The molecule has 0 aliphatic heterocycles. The fraction of sp³-hybridized carbons (Fsp3) is 0.143. The Morgan fingerprint density at radius 3 is 2.70 bits per heavy atom. The van der Waals surface area contributed by atoms with Gasteiger partial charge in [-0.3, -0.25) is 14.8 Å². The molecule has 30 heavy (non-hydrogen) atoms. The molecule has 9 heteroatoms. The van der Waals surface area contributed by atoms with E-state index in [0.29, 0.717) is 23.8 Å². The summed E-state index contributed by atoms with van der Waals surface area (Å²) in [5.41, 5.74) is 4.43. The molecular weight excluding hydrogens is 382 g/mol. The normalized spacial score (nSPS) is 11.4. The lowest BCUT2D eigenvalue weighted by Crippen LogP contribution is -2.04. The van der Waals surface area contributed by atoms with E-state index >= 15 is 0 Å². The summed E-state index contributed by atoms with van der Waals surface area (Å²) in [6.07, 6.45) is 1.66. The Balaban J connectivity index is 1.53. The van der Waals surface area contributed by atoms with E-state index in [1.165, 1.54) is 0 Å². The van der Waals surface area contributed by atoms with E-state index < -0.39 is 0 Å². The second-order valence-electron chi connectivity index (χ2n) is 7.10. The Kier molecular flexibility index (Phi) is 4.02. The van der Waals surface area contributed by atoms with Crippen LogP contribution in [0.5, 0.6) is 0 Å². The fourth-order valence-corrected chi connectivity index (χ4v) is 3.69. The van der Waals surface area contributed by atoms with E-state index in [4.69, 9.17) is 4.98 Å². The molecule has 0 saturated heterocycles. The maximum absolute atomic E-state index is 11.3. The standard InChI is InChI=1S/C21H17N7O2/c1-13-19(28(29)30)14(2)26(24-13)11-15-6-5-7-16(10-15)20-23-21-17-8-3-4-9-18(17)22-12-27(21)25-20/h3-10,12H,11H2,1-2H3. The molecule has 0 atom stereocenters. The Bertz CT molecular complexity index is 1430. The molecule has 5 rings (SSSR count). The highest BCUT2D eigenvalue weighted by atomic mass is 16.6. The topological polar surface area (TPSA) is 104 Å². The van der Waals surface area contributed by atoms with Crippen LogP contribution in [-0.4, -0.2) is 34.3 Å². The number of nitro groups is 1. The second-order valence-corrected chi connectivity index (χ2v) is 7.10. The van der Waals surface area contributed by atoms with Gasteiger partial charge < -0.3 is 0 Å². The molecule has 0 spiro atoms. The number of nitrogens with zero attached hydrogens (tertiary/aromatic N) is 7. The quantitative estimate of drug-likeness (QED) is 0.337. The molecular formula is C21H17N7O2. The maximum Gasteiger partial charge on any atom is 0.312 e. The molecule has 0 fully saturated rings. The first-order valence-corrected chi connectivity index (χ1v) is 9.39. The van der Waals surface area contributed by atoms with Crippen LogP contribution >= 0.6 is 0 Å². The van der Waals surface area contributed by atoms with Gasteiger partial charge >= 0.3 is 5.69 Å². The smallest absolute Gasteiger partial charge is 0.258 e. The molecule has 0 radical (unpaired) electrons. The van der Waals surface area contributed by atoms with Crippen LogP contribution in [0.4, 0.5) is 5.69 Å². The molecule has 0 amide bonds. The summed E-state index contributed by atoms with van der Waals surface area (Å²) in [7, 11) is 0. The Labute approximate surface area is 170 Å². The average molecular weight is 399 g/mol. The van der Waals surface area contributed by atoms with Crippen LogP contribution in [0.25, 0.3) is 27.9 Å². The van der Waals surface area contributed by atoms with Gasteiger partial charge in [-0.1, -0.05) is 30.3 Å². The predicted octanol–water partition coefficient (Wildman–Crippen LogP) is 3.71. The van der Waals surface area contributed by atoms with Crippen LogP contribution in [0.3, 0.4) is 0 Å². The maximum atomic E-state index is 11.3. The second kappa shape index (κ2) is 6.73. The van der Waals surface area contributed by atoms with Crippen molar-refractivity contribution in [3.05, 3.63) is 81.9 Å². The van der Waals surface area contributed by atoms with Crippen LogP contribution in [0, 0.1) is 24.0 Å². The van der Waals surface area contributed by atoms with E-state index in [2.05, 4.69) is 15.2 Å². The summed E-state index contributed by atoms with van der Waals surface area (Å²) < 4.78 is 3.33. The van der Waals surface area contributed by atoms with Gasteiger partial charge in [-0.2, -0.15) is 5.10 Å². The first-order chi connectivity index (χ1) is 14.5. The summed E-state index contributed by atoms with van der Waals surface area (Å²) in [5, 5.41) is 21.1. The van der Waals surface area contributed by atoms with Gasteiger partial charge in [-0.05, 0) is 37.6 Å². The third-order valence-corrected chi connectivity index (χ3v) is 5.13. The number of para-hydroxylation sites is 1. The summed E-state index contributed by atoms with van der Waals surface area (Å²) >= 11 is 0. The van der Waals surface area contributed by atoms with Crippen molar-refractivity contribution < 1.29 is 4.92 Å². The van der Waals surface area contributed by atoms with Crippen LogP contribution in [0.2, 0.25) is 0 Å². The van der Waals surface area contributed by atoms with Crippen molar-refractivity contribution in [3.63, 3.8) is 0 Å². The lowest BCUT2D eigenvalue weighted by Gasteiger charge is -2.05. The third kappa shape index (κ3) is 2.87. The van der Waals surface area contributed by atoms with Crippen LogP contribution < -0.4 is 0 Å². The van der Waals surface area contributed by atoms with Crippen molar-refractivity contribution in [2.45, 2.75) is 20.4 Å². The highest BCUT2D eigenvalue weighted by Gasteiger charge is 2.21. The van der Waals surface area contributed by atoms with E-state index in [1.807, 2.05) is 48.5 Å². The molecule has 0 bridgehead atoms. The molecule has 2 aromatic carbocycles. The SMILES string of the molecule is Cc1nn(Cc2cccc(-c3nc4c5ccccc5ncn4n3)c2)c(C)c1[N+](=O)[O-]. The summed E-state index contributed by atoms with van der Waals surface area (Å²) in [5.74, 6) is 0.592. The van der Waals surface area contributed by atoms with Crippen molar-refractivity contribution in [1.29, 1.82) is 0 Å². The molecule has 5 aromatic rings. The van der Waals surface area contributed by atoms with E-state index in [-0.39, 0.29) is 10.6 Å². The molecule has 0 N–H and O–H groups in total. The van der Waals surface area contributed by atoms with Gasteiger partial charge in [0.05, 0.1) is 17.0 Å². The minimum absolute atomic E-state index is 0.0625. The van der Waals surface area contributed by atoms with E-state index in [9.17, 15) is 10.1 Å².